The SMILES string of the molecule is Cc1nc(CS)c(C)[nH]1. The van der Waals surface area contributed by atoms with Crippen LogP contribution >= 0.6 is 12.6 Å². The minimum absolute atomic E-state index is 0.718. The van der Waals surface area contributed by atoms with E-state index in [-0.39, 0.29) is 0 Å². The minimum Gasteiger partial charge on any atom is -0.346 e. The zero-order valence-corrected chi connectivity index (χ0v) is 6.50. The first-order valence-electron chi connectivity index (χ1n) is 2.87. The van der Waals surface area contributed by atoms with Crippen molar-refractivity contribution in [3.63, 3.8) is 0 Å². The Hall–Kier alpha value is -0.440. The van der Waals surface area contributed by atoms with Crippen molar-refractivity contribution in [3.8, 4) is 0 Å². The Morgan fingerprint density at radius 1 is 1.56 bits per heavy atom. The molecule has 9 heavy (non-hydrogen) atoms. The monoisotopic (exact) mass is 142 g/mol. The lowest BCUT2D eigenvalue weighted by Gasteiger charge is -1.85. The Kier molecular flexibility index (Phi) is 1.81. The van der Waals surface area contributed by atoms with E-state index in [0.717, 1.165) is 23.0 Å². The molecule has 1 heterocycles. The first kappa shape index (κ1) is 6.68. The number of nitrogens with zero attached hydrogens (tertiary/aromatic N) is 1. The van der Waals surface area contributed by atoms with Crippen LogP contribution in [0.3, 0.4) is 0 Å². The van der Waals surface area contributed by atoms with Crippen LogP contribution in [-0.2, 0) is 5.75 Å². The second kappa shape index (κ2) is 2.43. The summed E-state index contributed by atoms with van der Waals surface area (Å²) in [7, 11) is 0. The summed E-state index contributed by atoms with van der Waals surface area (Å²) < 4.78 is 0. The quantitative estimate of drug-likeness (QED) is 0.571. The Morgan fingerprint density at radius 3 is 2.44 bits per heavy atom. The molecule has 0 aliphatic heterocycles. The fourth-order valence-corrected chi connectivity index (χ4v) is 1.12. The lowest BCUT2D eigenvalue weighted by molar-refractivity contribution is 1.12. The summed E-state index contributed by atoms with van der Waals surface area (Å²) in [5.41, 5.74) is 2.18. The summed E-state index contributed by atoms with van der Waals surface area (Å²) in [4.78, 5) is 7.30. The highest BCUT2D eigenvalue weighted by Gasteiger charge is 1.98. The van der Waals surface area contributed by atoms with Crippen LogP contribution in [0, 0.1) is 13.8 Å². The molecule has 1 rings (SSSR count). The molecule has 3 heteroatoms. The van der Waals surface area contributed by atoms with Crippen molar-refractivity contribution in [1.82, 2.24) is 9.97 Å². The molecular weight excluding hydrogens is 132 g/mol. The molecule has 0 saturated heterocycles. The van der Waals surface area contributed by atoms with E-state index < -0.39 is 0 Å². The number of imidazole rings is 1. The van der Waals surface area contributed by atoms with Gasteiger partial charge in [0, 0.05) is 11.4 Å². The molecule has 1 aromatic rings. The van der Waals surface area contributed by atoms with Crippen molar-refractivity contribution in [2.24, 2.45) is 0 Å². The van der Waals surface area contributed by atoms with Gasteiger partial charge in [-0.15, -0.1) is 0 Å². The maximum Gasteiger partial charge on any atom is 0.103 e. The fraction of sp³-hybridized carbons (Fsp3) is 0.500. The van der Waals surface area contributed by atoms with Gasteiger partial charge in [0.05, 0.1) is 5.69 Å². The van der Waals surface area contributed by atoms with Crippen LogP contribution in [0.2, 0.25) is 0 Å². The van der Waals surface area contributed by atoms with Crippen molar-refractivity contribution >= 4 is 12.6 Å². The van der Waals surface area contributed by atoms with Crippen molar-refractivity contribution in [3.05, 3.63) is 17.2 Å². The topological polar surface area (TPSA) is 28.7 Å². The molecule has 1 N–H and O–H groups in total. The highest BCUT2D eigenvalue weighted by Crippen LogP contribution is 2.05. The predicted octanol–water partition coefficient (Wildman–Crippen LogP) is 1.46. The summed E-state index contributed by atoms with van der Waals surface area (Å²) in [6.45, 7) is 3.95. The molecule has 0 aromatic carbocycles. The van der Waals surface area contributed by atoms with Crippen molar-refractivity contribution in [2.45, 2.75) is 19.6 Å². The van der Waals surface area contributed by atoms with Gasteiger partial charge in [-0.05, 0) is 13.8 Å². The molecule has 0 fully saturated rings. The lowest BCUT2D eigenvalue weighted by Crippen LogP contribution is -1.79. The number of rotatable bonds is 1. The number of hydrogen-bond donors (Lipinski definition) is 2. The standard InChI is InChI=1S/C6H10N2S/c1-4-6(3-9)8-5(2)7-4/h9H,3H2,1-2H3,(H,7,8). The summed E-state index contributed by atoms with van der Waals surface area (Å²) in [6.07, 6.45) is 0. The number of aryl methyl sites for hydroxylation is 2. The third-order valence-corrected chi connectivity index (χ3v) is 1.55. The molecule has 0 radical (unpaired) electrons. The van der Waals surface area contributed by atoms with Crippen LogP contribution < -0.4 is 0 Å². The van der Waals surface area contributed by atoms with Crippen LogP contribution in [0.15, 0.2) is 0 Å². The van der Waals surface area contributed by atoms with E-state index in [1.165, 1.54) is 0 Å². The molecule has 0 spiro atoms. The van der Waals surface area contributed by atoms with Gasteiger partial charge in [0.1, 0.15) is 5.82 Å². The minimum atomic E-state index is 0.718. The van der Waals surface area contributed by atoms with Crippen LogP contribution in [-0.4, -0.2) is 9.97 Å². The molecule has 0 unspecified atom stereocenters. The second-order valence-corrected chi connectivity index (χ2v) is 2.37. The van der Waals surface area contributed by atoms with Gasteiger partial charge in [-0.25, -0.2) is 4.98 Å². The molecule has 0 bridgehead atoms. The van der Waals surface area contributed by atoms with Crippen molar-refractivity contribution in [2.75, 3.05) is 0 Å². The third-order valence-electron chi connectivity index (χ3n) is 1.25. The molecule has 2 nitrogen and oxygen atoms in total. The van der Waals surface area contributed by atoms with Gasteiger partial charge < -0.3 is 4.98 Å². The van der Waals surface area contributed by atoms with Gasteiger partial charge in [-0.1, -0.05) is 0 Å². The smallest absolute Gasteiger partial charge is 0.103 e. The molecule has 0 aliphatic rings. The molecule has 0 saturated carbocycles. The summed E-state index contributed by atoms with van der Waals surface area (Å²) in [5.74, 6) is 1.69. The van der Waals surface area contributed by atoms with Crippen LogP contribution in [0.5, 0.6) is 0 Å². The molecule has 1 aromatic heterocycles. The van der Waals surface area contributed by atoms with E-state index in [9.17, 15) is 0 Å². The zero-order valence-electron chi connectivity index (χ0n) is 5.60. The van der Waals surface area contributed by atoms with E-state index in [1.54, 1.807) is 0 Å². The Balaban J connectivity index is 3.01. The molecule has 50 valence electrons. The first-order valence-corrected chi connectivity index (χ1v) is 3.50. The highest BCUT2D eigenvalue weighted by molar-refractivity contribution is 7.79. The van der Waals surface area contributed by atoms with E-state index >= 15 is 0 Å². The van der Waals surface area contributed by atoms with Gasteiger partial charge in [0.15, 0.2) is 0 Å². The van der Waals surface area contributed by atoms with Crippen LogP contribution in [0.4, 0.5) is 0 Å². The average Bonchev–Trinajstić information content (AvgIpc) is 2.10. The third kappa shape index (κ3) is 1.27. The summed E-state index contributed by atoms with van der Waals surface area (Å²) in [6, 6.07) is 0. The van der Waals surface area contributed by atoms with Gasteiger partial charge >= 0.3 is 0 Å². The number of H-pyrrole nitrogens is 1. The van der Waals surface area contributed by atoms with Gasteiger partial charge in [0.2, 0.25) is 0 Å². The van der Waals surface area contributed by atoms with Crippen LogP contribution in [0.25, 0.3) is 0 Å². The van der Waals surface area contributed by atoms with Gasteiger partial charge in [-0.2, -0.15) is 12.6 Å². The second-order valence-electron chi connectivity index (χ2n) is 2.05. The normalized spacial score (nSPS) is 10.1. The number of aromatic nitrogens is 2. The molecule has 0 aliphatic carbocycles. The Bertz CT molecular complexity index is 205. The number of hydrogen-bond acceptors (Lipinski definition) is 2. The molecule has 0 atom stereocenters. The maximum atomic E-state index is 4.20. The molecular formula is C6H10N2S. The lowest BCUT2D eigenvalue weighted by atomic mass is 10.4. The predicted molar refractivity (Wildman–Crippen MR) is 40.8 cm³/mol. The Labute approximate surface area is 60.1 Å². The summed E-state index contributed by atoms with van der Waals surface area (Å²) in [5, 5.41) is 0. The van der Waals surface area contributed by atoms with Gasteiger partial charge in [-0.3, -0.25) is 0 Å². The average molecular weight is 142 g/mol. The first-order chi connectivity index (χ1) is 4.24. The summed E-state index contributed by atoms with van der Waals surface area (Å²) >= 11 is 4.11. The number of nitrogens with one attached hydrogen (secondary N) is 1. The van der Waals surface area contributed by atoms with E-state index in [1.807, 2.05) is 13.8 Å². The number of thiol groups is 1. The van der Waals surface area contributed by atoms with E-state index in [0.29, 0.717) is 0 Å². The van der Waals surface area contributed by atoms with Crippen LogP contribution in [0.1, 0.15) is 17.2 Å². The highest BCUT2D eigenvalue weighted by atomic mass is 32.1. The molecule has 0 amide bonds. The van der Waals surface area contributed by atoms with E-state index in [4.69, 9.17) is 0 Å². The fourth-order valence-electron chi connectivity index (χ4n) is 0.812. The largest absolute Gasteiger partial charge is 0.346 e. The number of aromatic amines is 1. The van der Waals surface area contributed by atoms with E-state index in [2.05, 4.69) is 22.6 Å². The zero-order chi connectivity index (χ0) is 6.85. The van der Waals surface area contributed by atoms with Gasteiger partial charge in [0.25, 0.3) is 0 Å². The van der Waals surface area contributed by atoms with Crippen molar-refractivity contribution < 1.29 is 0 Å². The van der Waals surface area contributed by atoms with Crippen molar-refractivity contribution in [1.29, 1.82) is 0 Å². The maximum absolute atomic E-state index is 4.20. The Morgan fingerprint density at radius 2 is 2.22 bits per heavy atom.